The molecule has 3 aromatic rings. The Morgan fingerprint density at radius 2 is 1.62 bits per heavy atom. The fourth-order valence-corrected chi connectivity index (χ4v) is 5.03. The van der Waals surface area contributed by atoms with E-state index in [-0.39, 0.29) is 18.9 Å². The van der Waals surface area contributed by atoms with Crippen LogP contribution in [-0.2, 0) is 14.3 Å². The van der Waals surface area contributed by atoms with Crippen molar-refractivity contribution in [1.29, 1.82) is 0 Å². The molecule has 1 aromatic heterocycles. The molecule has 2 atom stereocenters. The minimum Gasteiger partial charge on any atom is -0.479 e. The molecule has 0 aliphatic heterocycles. The van der Waals surface area contributed by atoms with E-state index in [9.17, 15) is 19.5 Å². The van der Waals surface area contributed by atoms with Gasteiger partial charge in [-0.15, -0.1) is 11.3 Å². The van der Waals surface area contributed by atoms with Crippen molar-refractivity contribution in [3.8, 4) is 11.1 Å². The van der Waals surface area contributed by atoms with E-state index in [1.807, 2.05) is 43.3 Å². The molecule has 0 fully saturated rings. The van der Waals surface area contributed by atoms with E-state index in [2.05, 4.69) is 22.8 Å². The molecule has 0 bridgehead atoms. The number of nitrogens with one attached hydrogen (secondary N) is 2. The first-order chi connectivity index (χ1) is 16.5. The lowest BCUT2D eigenvalue weighted by atomic mass is 9.98. The summed E-state index contributed by atoms with van der Waals surface area (Å²) in [5.74, 6) is -1.64. The maximum Gasteiger partial charge on any atom is 0.407 e. The molecule has 0 saturated heterocycles. The Bertz CT molecular complexity index is 1130. The standard InChI is InChI=1S/C26H26N2O5S/c1-2-16(14-23(29)28-24(25(30)31)22-12-7-13-34-22)27-26(32)33-15-21-19-10-5-3-8-17(19)18-9-4-6-11-20(18)21/h3-13,16,21,24H,2,14-15H2,1H3,(H,27,32)(H,28,29)(H,30,31). The van der Waals surface area contributed by atoms with E-state index in [1.165, 1.54) is 11.3 Å². The van der Waals surface area contributed by atoms with Gasteiger partial charge in [0.05, 0.1) is 0 Å². The molecule has 0 radical (unpaired) electrons. The molecule has 1 aliphatic carbocycles. The number of rotatable bonds is 9. The van der Waals surface area contributed by atoms with Gasteiger partial charge in [-0.3, -0.25) is 4.79 Å². The minimum atomic E-state index is -1.13. The van der Waals surface area contributed by atoms with E-state index in [4.69, 9.17) is 4.74 Å². The topological polar surface area (TPSA) is 105 Å². The van der Waals surface area contributed by atoms with Crippen molar-refractivity contribution in [3.63, 3.8) is 0 Å². The zero-order valence-electron chi connectivity index (χ0n) is 18.7. The second-order valence-electron chi connectivity index (χ2n) is 8.13. The van der Waals surface area contributed by atoms with Crippen molar-refractivity contribution < 1.29 is 24.2 Å². The Kier molecular flexibility index (Phi) is 7.27. The van der Waals surface area contributed by atoms with E-state index < -0.39 is 30.1 Å². The van der Waals surface area contributed by atoms with Crippen LogP contribution in [-0.4, -0.2) is 35.7 Å². The largest absolute Gasteiger partial charge is 0.479 e. The first-order valence-electron chi connectivity index (χ1n) is 11.1. The molecule has 4 rings (SSSR count). The summed E-state index contributed by atoms with van der Waals surface area (Å²) in [4.78, 5) is 37.1. The van der Waals surface area contributed by atoms with E-state index >= 15 is 0 Å². The number of carbonyl (C=O) groups excluding carboxylic acids is 2. The van der Waals surface area contributed by atoms with Crippen molar-refractivity contribution in [1.82, 2.24) is 10.6 Å². The molecule has 1 aliphatic rings. The van der Waals surface area contributed by atoms with Crippen LogP contribution in [0.1, 0.15) is 47.7 Å². The van der Waals surface area contributed by atoms with E-state index in [1.54, 1.807) is 17.5 Å². The zero-order valence-corrected chi connectivity index (χ0v) is 19.5. The third-order valence-corrected chi connectivity index (χ3v) is 6.91. The first kappa shape index (κ1) is 23.5. The van der Waals surface area contributed by atoms with E-state index in [0.717, 1.165) is 22.3 Å². The fourth-order valence-electron chi connectivity index (χ4n) is 4.26. The molecule has 34 heavy (non-hydrogen) atoms. The van der Waals surface area contributed by atoms with Crippen LogP contribution in [0.25, 0.3) is 11.1 Å². The number of aliphatic carboxylic acids is 1. The summed E-state index contributed by atoms with van der Waals surface area (Å²) in [6.45, 7) is 2.03. The zero-order chi connectivity index (χ0) is 24.1. The molecule has 1 heterocycles. The second-order valence-corrected chi connectivity index (χ2v) is 9.11. The summed E-state index contributed by atoms with van der Waals surface area (Å²) in [6, 6.07) is 18.0. The van der Waals surface area contributed by atoms with Crippen LogP contribution in [0, 0.1) is 0 Å². The molecular formula is C26H26N2O5S. The number of benzene rings is 2. The SMILES string of the molecule is CCC(CC(=O)NC(C(=O)O)c1cccs1)NC(=O)OCC1c2ccccc2-c2ccccc21. The first-order valence-corrected chi connectivity index (χ1v) is 12.0. The number of carboxylic acids is 1. The number of hydrogen-bond donors (Lipinski definition) is 3. The molecule has 2 aromatic carbocycles. The summed E-state index contributed by atoms with van der Waals surface area (Å²) < 4.78 is 5.56. The lowest BCUT2D eigenvalue weighted by Gasteiger charge is -2.20. The summed E-state index contributed by atoms with van der Waals surface area (Å²) in [5, 5.41) is 16.5. The molecule has 3 N–H and O–H groups in total. The molecule has 176 valence electrons. The Morgan fingerprint density at radius 1 is 0.971 bits per heavy atom. The summed E-state index contributed by atoms with van der Waals surface area (Å²) >= 11 is 1.26. The van der Waals surface area contributed by atoms with Crippen molar-refractivity contribution in [3.05, 3.63) is 82.0 Å². The van der Waals surface area contributed by atoms with Crippen molar-refractivity contribution >= 4 is 29.3 Å². The molecule has 7 nitrogen and oxygen atoms in total. The quantitative estimate of drug-likeness (QED) is 0.414. The third-order valence-electron chi connectivity index (χ3n) is 5.97. The van der Waals surface area contributed by atoms with Crippen LogP contribution in [0.4, 0.5) is 4.79 Å². The monoisotopic (exact) mass is 478 g/mol. The van der Waals surface area contributed by atoms with Crippen LogP contribution >= 0.6 is 11.3 Å². The smallest absolute Gasteiger partial charge is 0.407 e. The summed E-state index contributed by atoms with van der Waals surface area (Å²) in [7, 11) is 0. The predicted molar refractivity (Wildman–Crippen MR) is 130 cm³/mol. The summed E-state index contributed by atoms with van der Waals surface area (Å²) in [6.07, 6.45) is -0.154. The molecule has 0 saturated carbocycles. The van der Waals surface area contributed by atoms with Crippen LogP contribution in [0.15, 0.2) is 66.0 Å². The Balaban J connectivity index is 1.33. The van der Waals surface area contributed by atoms with Gasteiger partial charge in [-0.2, -0.15) is 0 Å². The van der Waals surface area contributed by atoms with Crippen LogP contribution in [0.5, 0.6) is 0 Å². The maximum atomic E-state index is 12.5. The number of alkyl carbamates (subject to hydrolysis) is 1. The van der Waals surface area contributed by atoms with Gasteiger partial charge in [0.2, 0.25) is 5.91 Å². The number of thiophene rings is 1. The van der Waals surface area contributed by atoms with Gasteiger partial charge in [0.25, 0.3) is 0 Å². The normalized spacial score (nSPS) is 13.9. The minimum absolute atomic E-state index is 0.0458. The van der Waals surface area contributed by atoms with Gasteiger partial charge in [0, 0.05) is 23.3 Å². The number of carbonyl (C=O) groups is 3. The van der Waals surface area contributed by atoms with Gasteiger partial charge in [-0.05, 0) is 40.1 Å². The van der Waals surface area contributed by atoms with Gasteiger partial charge in [-0.25, -0.2) is 9.59 Å². The average Bonchev–Trinajstić information content (AvgIpc) is 3.47. The summed E-state index contributed by atoms with van der Waals surface area (Å²) in [5.41, 5.74) is 4.54. The van der Waals surface area contributed by atoms with Gasteiger partial charge in [0.1, 0.15) is 6.61 Å². The Hall–Kier alpha value is -3.65. The molecule has 8 heteroatoms. The number of fused-ring (bicyclic) bond motifs is 3. The number of amides is 2. The lowest BCUT2D eigenvalue weighted by molar-refractivity contribution is -0.142. The van der Waals surface area contributed by atoms with Gasteiger partial charge >= 0.3 is 12.1 Å². The van der Waals surface area contributed by atoms with E-state index in [0.29, 0.717) is 11.3 Å². The van der Waals surface area contributed by atoms with Crippen molar-refractivity contribution in [2.75, 3.05) is 6.61 Å². The highest BCUT2D eigenvalue weighted by atomic mass is 32.1. The number of hydrogen-bond acceptors (Lipinski definition) is 5. The molecular weight excluding hydrogens is 452 g/mol. The molecule has 2 unspecified atom stereocenters. The molecule has 2 amide bonds. The lowest BCUT2D eigenvalue weighted by Crippen LogP contribution is -2.41. The molecule has 0 spiro atoms. The van der Waals surface area contributed by atoms with Gasteiger partial charge in [-0.1, -0.05) is 61.5 Å². The highest BCUT2D eigenvalue weighted by Gasteiger charge is 2.29. The highest BCUT2D eigenvalue weighted by molar-refractivity contribution is 7.10. The number of carboxylic acid groups (broad SMARTS) is 1. The Morgan fingerprint density at radius 3 is 2.18 bits per heavy atom. The second kappa shape index (κ2) is 10.5. The van der Waals surface area contributed by atoms with Crippen molar-refractivity contribution in [2.45, 2.75) is 37.8 Å². The number of ether oxygens (including phenoxy) is 1. The van der Waals surface area contributed by atoms with Crippen LogP contribution in [0.3, 0.4) is 0 Å². The Labute approximate surface area is 201 Å². The van der Waals surface area contributed by atoms with Gasteiger partial charge < -0.3 is 20.5 Å². The average molecular weight is 479 g/mol. The van der Waals surface area contributed by atoms with Crippen molar-refractivity contribution in [2.24, 2.45) is 0 Å². The maximum absolute atomic E-state index is 12.5. The third kappa shape index (κ3) is 5.12. The highest BCUT2D eigenvalue weighted by Crippen LogP contribution is 2.44. The van der Waals surface area contributed by atoms with Gasteiger partial charge in [0.15, 0.2) is 6.04 Å². The predicted octanol–water partition coefficient (Wildman–Crippen LogP) is 4.70. The van der Waals surface area contributed by atoms with Crippen LogP contribution in [0.2, 0.25) is 0 Å². The fraction of sp³-hybridized carbons (Fsp3) is 0.269. The van der Waals surface area contributed by atoms with Crippen LogP contribution < -0.4 is 10.6 Å².